The number of aliphatic hydroxyl groups excluding tert-OH is 1. The van der Waals surface area contributed by atoms with Crippen LogP contribution in [0.25, 0.3) is 0 Å². The van der Waals surface area contributed by atoms with Gasteiger partial charge in [-0.15, -0.1) is 0 Å². The molecule has 0 aliphatic rings. The van der Waals surface area contributed by atoms with Crippen molar-refractivity contribution in [1.29, 1.82) is 0 Å². The molecule has 0 aliphatic carbocycles. The zero-order chi connectivity index (χ0) is 10.0. The van der Waals surface area contributed by atoms with Gasteiger partial charge in [-0.05, 0) is 31.0 Å². The van der Waals surface area contributed by atoms with Crippen LogP contribution in [0.1, 0.15) is 24.1 Å². The van der Waals surface area contributed by atoms with E-state index in [0.717, 1.165) is 0 Å². The monoisotopic (exact) mass is 183 g/mol. The standard InChI is InChI=1S/C10H14FNO/c1-6-8(10(12)7(2)13)4-3-5-9(6)11/h3-5,7,10,13H,12H2,1-2H3/t7-,10+/m1/s1. The van der Waals surface area contributed by atoms with E-state index in [2.05, 4.69) is 0 Å². The number of hydrogen-bond acceptors (Lipinski definition) is 2. The number of halogens is 1. The van der Waals surface area contributed by atoms with Gasteiger partial charge in [0.15, 0.2) is 0 Å². The van der Waals surface area contributed by atoms with Gasteiger partial charge in [0, 0.05) is 0 Å². The summed E-state index contributed by atoms with van der Waals surface area (Å²) in [6.45, 7) is 3.25. The van der Waals surface area contributed by atoms with Crippen molar-refractivity contribution in [2.45, 2.75) is 26.0 Å². The zero-order valence-electron chi connectivity index (χ0n) is 7.79. The fourth-order valence-corrected chi connectivity index (χ4v) is 1.25. The molecule has 1 aromatic carbocycles. The van der Waals surface area contributed by atoms with Gasteiger partial charge in [-0.1, -0.05) is 12.1 Å². The van der Waals surface area contributed by atoms with Gasteiger partial charge in [0.1, 0.15) is 5.82 Å². The fraction of sp³-hybridized carbons (Fsp3) is 0.400. The lowest BCUT2D eigenvalue weighted by molar-refractivity contribution is 0.164. The van der Waals surface area contributed by atoms with Crippen molar-refractivity contribution < 1.29 is 9.50 Å². The molecule has 1 rings (SSSR count). The molecule has 2 atom stereocenters. The van der Waals surface area contributed by atoms with E-state index in [9.17, 15) is 9.50 Å². The molecule has 0 radical (unpaired) electrons. The van der Waals surface area contributed by atoms with Crippen LogP contribution in [-0.2, 0) is 0 Å². The van der Waals surface area contributed by atoms with Gasteiger partial charge in [-0.3, -0.25) is 0 Å². The minimum Gasteiger partial charge on any atom is -0.391 e. The Balaban J connectivity index is 3.07. The van der Waals surface area contributed by atoms with Crippen LogP contribution >= 0.6 is 0 Å². The van der Waals surface area contributed by atoms with Crippen molar-refractivity contribution in [1.82, 2.24) is 0 Å². The van der Waals surface area contributed by atoms with E-state index >= 15 is 0 Å². The van der Waals surface area contributed by atoms with Gasteiger partial charge in [0.25, 0.3) is 0 Å². The molecule has 0 saturated carbocycles. The van der Waals surface area contributed by atoms with E-state index in [1.54, 1.807) is 26.0 Å². The van der Waals surface area contributed by atoms with Crippen molar-refractivity contribution in [2.24, 2.45) is 5.73 Å². The van der Waals surface area contributed by atoms with Crippen molar-refractivity contribution in [3.63, 3.8) is 0 Å². The Morgan fingerprint density at radius 2 is 2.08 bits per heavy atom. The first-order chi connectivity index (χ1) is 6.04. The number of aliphatic hydroxyl groups is 1. The molecule has 0 fully saturated rings. The van der Waals surface area contributed by atoms with Gasteiger partial charge in [-0.2, -0.15) is 0 Å². The van der Waals surface area contributed by atoms with Gasteiger partial charge >= 0.3 is 0 Å². The molecule has 0 heterocycles. The minimum atomic E-state index is -0.666. The highest BCUT2D eigenvalue weighted by atomic mass is 19.1. The number of benzene rings is 1. The maximum Gasteiger partial charge on any atom is 0.126 e. The highest BCUT2D eigenvalue weighted by molar-refractivity contribution is 5.30. The molecule has 0 saturated heterocycles. The highest BCUT2D eigenvalue weighted by Gasteiger charge is 2.15. The SMILES string of the molecule is Cc1c(F)cccc1[C@@H](N)[C@@H](C)O. The molecular formula is C10H14FNO. The van der Waals surface area contributed by atoms with Crippen LogP contribution in [0.4, 0.5) is 4.39 Å². The van der Waals surface area contributed by atoms with E-state index in [1.165, 1.54) is 6.07 Å². The minimum absolute atomic E-state index is 0.284. The fourth-order valence-electron chi connectivity index (χ4n) is 1.25. The third-order valence-electron chi connectivity index (χ3n) is 2.19. The Morgan fingerprint density at radius 3 is 2.62 bits per heavy atom. The van der Waals surface area contributed by atoms with Crippen molar-refractivity contribution in [3.8, 4) is 0 Å². The number of rotatable bonds is 2. The molecule has 0 amide bonds. The average Bonchev–Trinajstić information content (AvgIpc) is 2.08. The largest absolute Gasteiger partial charge is 0.391 e. The van der Waals surface area contributed by atoms with Crippen molar-refractivity contribution in [3.05, 3.63) is 35.1 Å². The molecule has 13 heavy (non-hydrogen) atoms. The van der Waals surface area contributed by atoms with Gasteiger partial charge in [-0.25, -0.2) is 4.39 Å². The third-order valence-corrected chi connectivity index (χ3v) is 2.19. The lowest BCUT2D eigenvalue weighted by atomic mass is 9.98. The predicted octanol–water partition coefficient (Wildman–Crippen LogP) is 1.51. The summed E-state index contributed by atoms with van der Waals surface area (Å²) < 4.78 is 13.1. The molecule has 0 aliphatic heterocycles. The molecule has 2 nitrogen and oxygen atoms in total. The van der Waals surface area contributed by atoms with Crippen LogP contribution in [0.3, 0.4) is 0 Å². The Labute approximate surface area is 77.2 Å². The molecular weight excluding hydrogens is 169 g/mol. The quantitative estimate of drug-likeness (QED) is 0.730. The molecule has 0 aromatic heterocycles. The van der Waals surface area contributed by atoms with Gasteiger partial charge < -0.3 is 10.8 Å². The maximum atomic E-state index is 13.1. The second kappa shape index (κ2) is 3.85. The van der Waals surface area contributed by atoms with Crippen molar-refractivity contribution in [2.75, 3.05) is 0 Å². The summed E-state index contributed by atoms with van der Waals surface area (Å²) in [7, 11) is 0. The molecule has 3 N–H and O–H groups in total. The van der Waals surface area contributed by atoms with Crippen LogP contribution in [-0.4, -0.2) is 11.2 Å². The summed E-state index contributed by atoms with van der Waals surface area (Å²) in [5, 5.41) is 9.24. The van der Waals surface area contributed by atoms with Crippen LogP contribution < -0.4 is 5.73 Å². The Morgan fingerprint density at radius 1 is 1.46 bits per heavy atom. The first-order valence-electron chi connectivity index (χ1n) is 4.22. The van der Waals surface area contributed by atoms with Crippen LogP contribution in [0.5, 0.6) is 0 Å². The zero-order valence-corrected chi connectivity index (χ0v) is 7.79. The van der Waals surface area contributed by atoms with E-state index in [0.29, 0.717) is 11.1 Å². The second-order valence-corrected chi connectivity index (χ2v) is 3.22. The molecule has 0 bridgehead atoms. The third kappa shape index (κ3) is 2.05. The summed E-state index contributed by atoms with van der Waals surface area (Å²) in [4.78, 5) is 0. The van der Waals surface area contributed by atoms with Crippen LogP contribution in [0.2, 0.25) is 0 Å². The Kier molecular flexibility index (Phi) is 3.01. The average molecular weight is 183 g/mol. The van der Waals surface area contributed by atoms with Gasteiger partial charge in [0.05, 0.1) is 12.1 Å². The molecule has 0 unspecified atom stereocenters. The van der Waals surface area contributed by atoms with E-state index in [1.807, 2.05) is 0 Å². The van der Waals surface area contributed by atoms with Crippen LogP contribution in [0.15, 0.2) is 18.2 Å². The molecule has 1 aromatic rings. The smallest absolute Gasteiger partial charge is 0.126 e. The van der Waals surface area contributed by atoms with E-state index in [4.69, 9.17) is 5.73 Å². The second-order valence-electron chi connectivity index (χ2n) is 3.22. The maximum absolute atomic E-state index is 13.1. The number of hydrogen-bond donors (Lipinski definition) is 2. The Bertz CT molecular complexity index is 299. The summed E-state index contributed by atoms with van der Waals surface area (Å²) in [6.07, 6.45) is -0.666. The topological polar surface area (TPSA) is 46.2 Å². The van der Waals surface area contributed by atoms with Crippen molar-refractivity contribution >= 4 is 0 Å². The van der Waals surface area contributed by atoms with E-state index in [-0.39, 0.29) is 5.82 Å². The van der Waals surface area contributed by atoms with Crippen LogP contribution in [0, 0.1) is 12.7 Å². The predicted molar refractivity (Wildman–Crippen MR) is 49.7 cm³/mol. The van der Waals surface area contributed by atoms with Gasteiger partial charge in [0.2, 0.25) is 0 Å². The Hall–Kier alpha value is -0.930. The number of nitrogens with two attached hydrogens (primary N) is 1. The normalized spacial score (nSPS) is 15.5. The summed E-state index contributed by atoms with van der Waals surface area (Å²) in [6, 6.07) is 4.19. The lowest BCUT2D eigenvalue weighted by Gasteiger charge is -2.17. The lowest BCUT2D eigenvalue weighted by Crippen LogP contribution is -2.24. The molecule has 3 heteroatoms. The highest BCUT2D eigenvalue weighted by Crippen LogP contribution is 2.20. The molecule has 72 valence electrons. The van der Waals surface area contributed by atoms with E-state index < -0.39 is 12.1 Å². The summed E-state index contributed by atoms with van der Waals surface area (Å²) >= 11 is 0. The molecule has 0 spiro atoms. The summed E-state index contributed by atoms with van der Waals surface area (Å²) in [5.74, 6) is -0.284. The first-order valence-corrected chi connectivity index (χ1v) is 4.22. The summed E-state index contributed by atoms with van der Waals surface area (Å²) in [5.41, 5.74) is 6.86. The first kappa shape index (κ1) is 10.2.